The molecule has 9 nitrogen and oxygen atoms in total. The summed E-state index contributed by atoms with van der Waals surface area (Å²) in [6, 6.07) is 13.5. The van der Waals surface area contributed by atoms with Gasteiger partial charge in [-0.2, -0.15) is 5.10 Å². The molecule has 9 heteroatoms. The molecule has 172 valence electrons. The number of hydrogen-bond acceptors (Lipinski definition) is 6. The lowest BCUT2D eigenvalue weighted by atomic mass is 10.2. The summed E-state index contributed by atoms with van der Waals surface area (Å²) < 4.78 is 10.9. The number of likely N-dealkylation sites (tertiary alicyclic amines) is 1. The minimum Gasteiger partial charge on any atom is -0.490 e. The van der Waals surface area contributed by atoms with Crippen LogP contribution in [0.2, 0.25) is 0 Å². The van der Waals surface area contributed by atoms with E-state index in [1.54, 1.807) is 59.5 Å². The van der Waals surface area contributed by atoms with Gasteiger partial charge in [0.1, 0.15) is 18.1 Å². The molecule has 0 aliphatic carbocycles. The highest BCUT2D eigenvalue weighted by Gasteiger charge is 2.18. The molecule has 2 aromatic carbocycles. The molecule has 0 aromatic heterocycles. The number of amides is 3. The summed E-state index contributed by atoms with van der Waals surface area (Å²) in [5.74, 6) is -0.681. The van der Waals surface area contributed by atoms with E-state index in [1.165, 1.54) is 6.21 Å². The number of ether oxygens (including phenoxy) is 2. The number of carbonyl (C=O) groups is 3. The van der Waals surface area contributed by atoms with E-state index < -0.39 is 11.8 Å². The molecule has 1 aliphatic rings. The van der Waals surface area contributed by atoms with Crippen LogP contribution in [0.3, 0.4) is 0 Å². The van der Waals surface area contributed by atoms with Crippen molar-refractivity contribution in [1.82, 2.24) is 10.3 Å². The SMILES string of the molecule is C=CCOc1ccc(NC(=O)C(=O)N/N=C\c2cccc(OCC(=O)N3CCCC3)c2)cc1. The van der Waals surface area contributed by atoms with Crippen molar-refractivity contribution in [3.63, 3.8) is 0 Å². The predicted molar refractivity (Wildman–Crippen MR) is 124 cm³/mol. The van der Waals surface area contributed by atoms with Crippen LogP contribution in [0.15, 0.2) is 66.3 Å². The molecule has 0 radical (unpaired) electrons. The van der Waals surface area contributed by atoms with E-state index in [9.17, 15) is 14.4 Å². The maximum atomic E-state index is 12.1. The Balaban J connectivity index is 1.45. The molecule has 33 heavy (non-hydrogen) atoms. The average molecular weight is 450 g/mol. The summed E-state index contributed by atoms with van der Waals surface area (Å²) in [6.45, 7) is 5.46. The fourth-order valence-corrected chi connectivity index (χ4v) is 3.08. The van der Waals surface area contributed by atoms with E-state index in [-0.39, 0.29) is 12.5 Å². The highest BCUT2D eigenvalue weighted by atomic mass is 16.5. The van der Waals surface area contributed by atoms with Crippen molar-refractivity contribution in [3.05, 3.63) is 66.7 Å². The van der Waals surface area contributed by atoms with Crippen LogP contribution < -0.4 is 20.2 Å². The van der Waals surface area contributed by atoms with Gasteiger partial charge in [0.2, 0.25) is 0 Å². The standard InChI is InChI=1S/C24H26N4O5/c1-2-14-32-20-10-8-19(9-11-20)26-23(30)24(31)27-25-16-18-6-5-7-21(15-18)33-17-22(29)28-12-3-4-13-28/h2,5-11,15-16H,1,3-4,12-14,17H2,(H,26,30)(H,27,31)/b25-16-. The van der Waals surface area contributed by atoms with Crippen molar-refractivity contribution in [3.8, 4) is 11.5 Å². The molecule has 3 rings (SSSR count). The molecule has 1 saturated heterocycles. The van der Waals surface area contributed by atoms with Gasteiger partial charge in [0.05, 0.1) is 6.21 Å². The minimum atomic E-state index is -0.915. The molecule has 0 unspecified atom stereocenters. The summed E-state index contributed by atoms with van der Waals surface area (Å²) in [4.78, 5) is 37.9. The fourth-order valence-electron chi connectivity index (χ4n) is 3.08. The van der Waals surface area contributed by atoms with Crippen LogP contribution in [0, 0.1) is 0 Å². The van der Waals surface area contributed by atoms with Gasteiger partial charge in [-0.05, 0) is 54.8 Å². The van der Waals surface area contributed by atoms with Crippen LogP contribution in [0.1, 0.15) is 18.4 Å². The predicted octanol–water partition coefficient (Wildman–Crippen LogP) is 2.34. The Morgan fingerprint density at radius 1 is 1.00 bits per heavy atom. The van der Waals surface area contributed by atoms with E-state index in [4.69, 9.17) is 9.47 Å². The third kappa shape index (κ3) is 7.49. The Morgan fingerprint density at radius 3 is 2.48 bits per heavy atom. The maximum Gasteiger partial charge on any atom is 0.329 e. The number of benzene rings is 2. The van der Waals surface area contributed by atoms with Crippen molar-refractivity contribution in [1.29, 1.82) is 0 Å². The van der Waals surface area contributed by atoms with Crippen molar-refractivity contribution >= 4 is 29.6 Å². The van der Waals surface area contributed by atoms with Gasteiger partial charge in [0.15, 0.2) is 6.61 Å². The van der Waals surface area contributed by atoms with Crippen molar-refractivity contribution in [2.24, 2.45) is 5.10 Å². The molecular weight excluding hydrogens is 424 g/mol. The molecule has 1 fully saturated rings. The van der Waals surface area contributed by atoms with E-state index >= 15 is 0 Å². The van der Waals surface area contributed by atoms with Gasteiger partial charge in [0.25, 0.3) is 5.91 Å². The summed E-state index contributed by atoms with van der Waals surface area (Å²) in [6.07, 6.45) is 5.06. The first-order valence-electron chi connectivity index (χ1n) is 10.5. The third-order valence-corrected chi connectivity index (χ3v) is 4.75. The second-order valence-corrected chi connectivity index (χ2v) is 7.23. The lowest BCUT2D eigenvalue weighted by Gasteiger charge is -2.15. The number of rotatable bonds is 9. The quantitative estimate of drug-likeness (QED) is 0.264. The van der Waals surface area contributed by atoms with Crippen LogP contribution in [0.25, 0.3) is 0 Å². The molecule has 1 heterocycles. The van der Waals surface area contributed by atoms with Gasteiger partial charge in [-0.3, -0.25) is 14.4 Å². The maximum absolute atomic E-state index is 12.1. The molecule has 0 bridgehead atoms. The number of nitrogens with zero attached hydrogens (tertiary/aromatic N) is 2. The number of hydrazone groups is 1. The molecule has 2 N–H and O–H groups in total. The van der Waals surface area contributed by atoms with Gasteiger partial charge < -0.3 is 19.7 Å². The highest BCUT2D eigenvalue weighted by Crippen LogP contribution is 2.16. The third-order valence-electron chi connectivity index (χ3n) is 4.75. The largest absolute Gasteiger partial charge is 0.490 e. The van der Waals surface area contributed by atoms with Crippen molar-refractivity contribution < 1.29 is 23.9 Å². The summed E-state index contributed by atoms with van der Waals surface area (Å²) >= 11 is 0. The molecular formula is C24H26N4O5. The first kappa shape index (κ1) is 23.5. The van der Waals surface area contributed by atoms with E-state index in [0.717, 1.165) is 25.9 Å². The molecule has 2 aromatic rings. The van der Waals surface area contributed by atoms with Crippen LogP contribution in [-0.4, -0.2) is 55.1 Å². The normalized spacial score (nSPS) is 12.9. The first-order chi connectivity index (χ1) is 16.0. The Hall–Kier alpha value is -4.14. The van der Waals surface area contributed by atoms with Gasteiger partial charge in [-0.1, -0.05) is 24.8 Å². The molecule has 0 spiro atoms. The Bertz CT molecular complexity index is 1010. The molecule has 0 atom stereocenters. The van der Waals surface area contributed by atoms with E-state index in [0.29, 0.717) is 29.4 Å². The molecule has 3 amide bonds. The summed E-state index contributed by atoms with van der Waals surface area (Å²) in [5, 5.41) is 6.28. The van der Waals surface area contributed by atoms with Crippen molar-refractivity contribution in [2.75, 3.05) is 31.6 Å². The minimum absolute atomic E-state index is 0.0289. The van der Waals surface area contributed by atoms with Crippen molar-refractivity contribution in [2.45, 2.75) is 12.8 Å². The Labute approximate surface area is 192 Å². The first-order valence-corrected chi connectivity index (χ1v) is 10.5. The van der Waals surface area contributed by atoms with Gasteiger partial charge in [0, 0.05) is 18.8 Å². The summed E-state index contributed by atoms with van der Waals surface area (Å²) in [7, 11) is 0. The molecule has 1 aliphatic heterocycles. The lowest BCUT2D eigenvalue weighted by molar-refractivity contribution is -0.136. The monoisotopic (exact) mass is 450 g/mol. The summed E-state index contributed by atoms with van der Waals surface area (Å²) in [5.41, 5.74) is 3.26. The second kappa shape index (κ2) is 12.0. The van der Waals surface area contributed by atoms with Crippen LogP contribution in [-0.2, 0) is 14.4 Å². The van der Waals surface area contributed by atoms with Gasteiger partial charge in [-0.25, -0.2) is 5.43 Å². The second-order valence-electron chi connectivity index (χ2n) is 7.23. The topological polar surface area (TPSA) is 109 Å². The van der Waals surface area contributed by atoms with Gasteiger partial charge in [-0.15, -0.1) is 0 Å². The lowest BCUT2D eigenvalue weighted by Crippen LogP contribution is -2.32. The zero-order valence-corrected chi connectivity index (χ0v) is 18.2. The van der Waals surface area contributed by atoms with Gasteiger partial charge >= 0.3 is 11.8 Å². The van der Waals surface area contributed by atoms with E-state index in [2.05, 4.69) is 22.4 Å². The number of hydrogen-bond donors (Lipinski definition) is 2. The molecule has 0 saturated carbocycles. The van der Waals surface area contributed by atoms with E-state index in [1.807, 2.05) is 0 Å². The highest BCUT2D eigenvalue weighted by molar-refractivity contribution is 6.39. The van der Waals surface area contributed by atoms with Crippen LogP contribution in [0.5, 0.6) is 11.5 Å². The number of carbonyl (C=O) groups excluding carboxylic acids is 3. The zero-order chi connectivity index (χ0) is 23.5. The Kier molecular flexibility index (Phi) is 8.58. The Morgan fingerprint density at radius 2 is 1.76 bits per heavy atom. The number of anilines is 1. The smallest absolute Gasteiger partial charge is 0.329 e. The number of nitrogens with one attached hydrogen (secondary N) is 2. The fraction of sp³-hybridized carbons (Fsp3) is 0.250. The zero-order valence-electron chi connectivity index (χ0n) is 18.2. The average Bonchev–Trinajstić information content (AvgIpc) is 3.37. The van der Waals surface area contributed by atoms with Crippen LogP contribution >= 0.6 is 0 Å². The van der Waals surface area contributed by atoms with Crippen LogP contribution in [0.4, 0.5) is 5.69 Å².